The van der Waals surface area contributed by atoms with Crippen molar-refractivity contribution in [3.8, 4) is 0 Å². The highest BCUT2D eigenvalue weighted by atomic mass is 32.2. The van der Waals surface area contributed by atoms with Crippen LogP contribution in [0.25, 0.3) is 0 Å². The van der Waals surface area contributed by atoms with Crippen LogP contribution in [0.1, 0.15) is 21.5 Å². The number of methoxy groups -OCH3 is 1. The molecule has 1 aromatic rings. The predicted octanol–water partition coefficient (Wildman–Crippen LogP) is 1.88. The highest BCUT2D eigenvalue weighted by Gasteiger charge is 2.11. The van der Waals surface area contributed by atoms with Gasteiger partial charge in [0.25, 0.3) is 0 Å². The molecular formula is C13H18O3S. The fourth-order valence-corrected chi connectivity index (χ4v) is 2.35. The largest absolute Gasteiger partial charge is 0.384 e. The number of aryl methyl sites for hydroxylation is 2. The molecule has 1 aromatic carbocycles. The van der Waals surface area contributed by atoms with Crippen molar-refractivity contribution < 1.29 is 13.7 Å². The third-order valence-corrected chi connectivity index (χ3v) is 3.84. The second-order valence-electron chi connectivity index (χ2n) is 4.00. The van der Waals surface area contributed by atoms with Gasteiger partial charge in [0.1, 0.15) is 0 Å². The number of hydrogen-bond donors (Lipinski definition) is 0. The molecule has 0 spiro atoms. The molecule has 1 unspecified atom stereocenters. The smallest absolute Gasteiger partial charge is 0.175 e. The minimum atomic E-state index is -1.14. The molecular weight excluding hydrogens is 236 g/mol. The summed E-state index contributed by atoms with van der Waals surface area (Å²) in [6, 6.07) is 5.56. The van der Waals surface area contributed by atoms with E-state index < -0.39 is 10.8 Å². The van der Waals surface area contributed by atoms with Gasteiger partial charge in [-0.05, 0) is 31.0 Å². The Bertz CT molecular complexity index is 427. The van der Waals surface area contributed by atoms with Gasteiger partial charge in [0.15, 0.2) is 5.78 Å². The van der Waals surface area contributed by atoms with Crippen LogP contribution in [0.5, 0.6) is 0 Å². The Labute approximate surface area is 105 Å². The fraction of sp³-hybridized carbons (Fsp3) is 0.462. The van der Waals surface area contributed by atoms with Gasteiger partial charge in [0, 0.05) is 29.2 Å². The molecule has 1 atom stereocenters. The standard InChI is InChI=1S/C13H18O3S/c1-10-4-5-12(8-11(10)2)13(14)9-17(15)7-6-16-3/h4-5,8H,6-7,9H2,1-3H3. The summed E-state index contributed by atoms with van der Waals surface area (Å²) in [6.07, 6.45) is 0. The minimum absolute atomic E-state index is 0.0671. The maximum absolute atomic E-state index is 11.8. The molecule has 0 saturated carbocycles. The van der Waals surface area contributed by atoms with Crippen molar-refractivity contribution in [1.29, 1.82) is 0 Å². The molecule has 0 radical (unpaired) electrons. The molecule has 0 aliphatic rings. The van der Waals surface area contributed by atoms with E-state index in [2.05, 4.69) is 0 Å². The second-order valence-corrected chi connectivity index (χ2v) is 5.58. The maximum atomic E-state index is 11.8. The molecule has 17 heavy (non-hydrogen) atoms. The van der Waals surface area contributed by atoms with Crippen molar-refractivity contribution >= 4 is 16.6 Å². The van der Waals surface area contributed by atoms with E-state index in [0.717, 1.165) is 11.1 Å². The van der Waals surface area contributed by atoms with Crippen LogP contribution in [-0.4, -0.2) is 35.2 Å². The lowest BCUT2D eigenvalue weighted by atomic mass is 10.0. The topological polar surface area (TPSA) is 43.4 Å². The summed E-state index contributed by atoms with van der Waals surface area (Å²) in [5.41, 5.74) is 2.87. The molecule has 0 aliphatic heterocycles. The summed E-state index contributed by atoms with van der Waals surface area (Å²) >= 11 is 0. The number of ketones is 1. The quantitative estimate of drug-likeness (QED) is 0.728. The van der Waals surface area contributed by atoms with Crippen LogP contribution < -0.4 is 0 Å². The predicted molar refractivity (Wildman–Crippen MR) is 70.0 cm³/mol. The van der Waals surface area contributed by atoms with Gasteiger partial charge < -0.3 is 4.74 Å². The zero-order chi connectivity index (χ0) is 12.8. The lowest BCUT2D eigenvalue weighted by molar-refractivity contribution is 0.102. The number of ether oxygens (including phenoxy) is 1. The summed E-state index contributed by atoms with van der Waals surface area (Å²) in [7, 11) is 0.421. The van der Waals surface area contributed by atoms with Crippen molar-refractivity contribution in [2.45, 2.75) is 13.8 Å². The van der Waals surface area contributed by atoms with E-state index in [1.165, 1.54) is 0 Å². The normalized spacial score (nSPS) is 12.4. The van der Waals surface area contributed by atoms with Gasteiger partial charge in [0.2, 0.25) is 0 Å². The first kappa shape index (κ1) is 14.1. The molecule has 0 amide bonds. The van der Waals surface area contributed by atoms with Crippen LogP contribution in [0.2, 0.25) is 0 Å². The number of rotatable bonds is 6. The van der Waals surface area contributed by atoms with E-state index in [1.807, 2.05) is 26.0 Å². The van der Waals surface area contributed by atoms with Crippen molar-refractivity contribution in [3.63, 3.8) is 0 Å². The molecule has 0 N–H and O–H groups in total. The van der Waals surface area contributed by atoms with Crippen LogP contribution >= 0.6 is 0 Å². The van der Waals surface area contributed by atoms with Crippen LogP contribution in [0, 0.1) is 13.8 Å². The summed E-state index contributed by atoms with van der Waals surface area (Å²) in [5.74, 6) is 0.418. The van der Waals surface area contributed by atoms with E-state index in [1.54, 1.807) is 13.2 Å². The first-order chi connectivity index (χ1) is 8.04. The number of carbonyl (C=O) groups is 1. The Morgan fingerprint density at radius 1 is 1.29 bits per heavy atom. The Kier molecular flexibility index (Phi) is 5.51. The van der Waals surface area contributed by atoms with Crippen LogP contribution in [-0.2, 0) is 15.5 Å². The molecule has 0 fully saturated rings. The summed E-state index contributed by atoms with van der Waals surface area (Å²) < 4.78 is 16.4. The average Bonchev–Trinajstić information content (AvgIpc) is 2.30. The molecule has 0 aliphatic carbocycles. The molecule has 1 rings (SSSR count). The Morgan fingerprint density at radius 2 is 2.00 bits per heavy atom. The first-order valence-electron chi connectivity index (χ1n) is 5.49. The Morgan fingerprint density at radius 3 is 2.59 bits per heavy atom. The molecule has 0 bridgehead atoms. The van der Waals surface area contributed by atoms with E-state index in [-0.39, 0.29) is 11.5 Å². The zero-order valence-electron chi connectivity index (χ0n) is 10.5. The van der Waals surface area contributed by atoms with Gasteiger partial charge in [-0.2, -0.15) is 0 Å². The van der Waals surface area contributed by atoms with Crippen molar-refractivity contribution in [2.75, 3.05) is 25.2 Å². The molecule has 0 aromatic heterocycles. The highest BCUT2D eigenvalue weighted by molar-refractivity contribution is 7.85. The monoisotopic (exact) mass is 254 g/mol. The Hall–Kier alpha value is -1.00. The molecule has 0 saturated heterocycles. The Balaban J connectivity index is 2.63. The number of carbonyl (C=O) groups excluding carboxylic acids is 1. The van der Waals surface area contributed by atoms with E-state index in [9.17, 15) is 9.00 Å². The molecule has 94 valence electrons. The summed E-state index contributed by atoms with van der Waals surface area (Å²) in [6.45, 7) is 4.39. The van der Waals surface area contributed by atoms with Crippen LogP contribution in [0.15, 0.2) is 18.2 Å². The second kappa shape index (κ2) is 6.67. The molecule has 4 heteroatoms. The van der Waals surface area contributed by atoms with Gasteiger partial charge in [-0.15, -0.1) is 0 Å². The third-order valence-electron chi connectivity index (χ3n) is 2.64. The number of hydrogen-bond acceptors (Lipinski definition) is 3. The van der Waals surface area contributed by atoms with Crippen LogP contribution in [0.4, 0.5) is 0 Å². The van der Waals surface area contributed by atoms with Gasteiger partial charge in [-0.25, -0.2) is 0 Å². The van der Waals surface area contributed by atoms with E-state index in [4.69, 9.17) is 4.74 Å². The SMILES string of the molecule is COCCS(=O)CC(=O)c1ccc(C)c(C)c1. The van der Waals surface area contributed by atoms with Gasteiger partial charge >= 0.3 is 0 Å². The van der Waals surface area contributed by atoms with Gasteiger partial charge in [-0.1, -0.05) is 12.1 Å². The van der Waals surface area contributed by atoms with Crippen molar-refractivity contribution in [3.05, 3.63) is 34.9 Å². The third kappa shape index (κ3) is 4.40. The summed E-state index contributed by atoms with van der Waals surface area (Å²) in [4.78, 5) is 11.8. The van der Waals surface area contributed by atoms with Gasteiger partial charge in [-0.3, -0.25) is 9.00 Å². The zero-order valence-corrected chi connectivity index (χ0v) is 11.3. The van der Waals surface area contributed by atoms with E-state index in [0.29, 0.717) is 17.9 Å². The van der Waals surface area contributed by atoms with Gasteiger partial charge in [0.05, 0.1) is 12.4 Å². The lowest BCUT2D eigenvalue weighted by Gasteiger charge is -2.04. The maximum Gasteiger partial charge on any atom is 0.175 e. The highest BCUT2D eigenvalue weighted by Crippen LogP contribution is 2.10. The lowest BCUT2D eigenvalue weighted by Crippen LogP contribution is -2.15. The van der Waals surface area contributed by atoms with E-state index >= 15 is 0 Å². The fourth-order valence-electron chi connectivity index (χ4n) is 1.39. The molecule has 3 nitrogen and oxygen atoms in total. The molecule has 0 heterocycles. The number of benzene rings is 1. The average molecular weight is 254 g/mol. The number of Topliss-reactive ketones (excluding diaryl/α,β-unsaturated/α-hetero) is 1. The van der Waals surface area contributed by atoms with Crippen molar-refractivity contribution in [1.82, 2.24) is 0 Å². The minimum Gasteiger partial charge on any atom is -0.384 e. The first-order valence-corrected chi connectivity index (χ1v) is 6.97. The van der Waals surface area contributed by atoms with Crippen LogP contribution in [0.3, 0.4) is 0 Å². The van der Waals surface area contributed by atoms with Crippen molar-refractivity contribution in [2.24, 2.45) is 0 Å². The summed E-state index contributed by atoms with van der Waals surface area (Å²) in [5, 5.41) is 0.